The van der Waals surface area contributed by atoms with Gasteiger partial charge in [-0.1, -0.05) is 45.9 Å². The van der Waals surface area contributed by atoms with Crippen molar-refractivity contribution in [2.75, 3.05) is 18.5 Å². The third-order valence-electron chi connectivity index (χ3n) is 6.26. The summed E-state index contributed by atoms with van der Waals surface area (Å²) in [5, 5.41) is 5.46. The number of carbonyl (C=O) groups is 2. The molecule has 0 fully saturated rings. The Morgan fingerprint density at radius 1 is 0.935 bits per heavy atom. The maximum Gasteiger partial charge on any atom is 0.338 e. The molecule has 0 spiro atoms. The second-order valence-electron chi connectivity index (χ2n) is 9.60. The number of hydrogen-bond donors (Lipinski definition) is 2. The molecule has 0 atom stereocenters. The van der Waals surface area contributed by atoms with Gasteiger partial charge in [-0.3, -0.25) is 0 Å². The van der Waals surface area contributed by atoms with E-state index in [1.165, 1.54) is 11.1 Å². The third-order valence-corrected chi connectivity index (χ3v) is 6.26. The Balaban J connectivity index is 1.59. The number of fused-ring (bicyclic) bond motifs is 1. The number of urea groups is 1. The molecule has 2 amide bonds. The molecular weight excluding hydrogens is 388 g/mol. The molecule has 2 aromatic carbocycles. The monoisotopic (exact) mass is 422 g/mol. The second kappa shape index (κ2) is 9.13. The summed E-state index contributed by atoms with van der Waals surface area (Å²) in [7, 11) is 0. The van der Waals surface area contributed by atoms with Gasteiger partial charge in [0, 0.05) is 18.7 Å². The number of rotatable bonds is 6. The van der Waals surface area contributed by atoms with Crippen LogP contribution in [0.1, 0.15) is 74.5 Å². The lowest BCUT2D eigenvalue weighted by Gasteiger charge is -2.41. The van der Waals surface area contributed by atoms with E-state index in [-0.39, 0.29) is 22.8 Å². The molecule has 0 saturated heterocycles. The first-order chi connectivity index (χ1) is 14.6. The molecule has 0 radical (unpaired) electrons. The maximum absolute atomic E-state index is 12.7. The fraction of sp³-hybridized carbons (Fsp3) is 0.462. The molecule has 2 aromatic rings. The molecule has 0 heterocycles. The fourth-order valence-electron chi connectivity index (χ4n) is 4.15. The summed E-state index contributed by atoms with van der Waals surface area (Å²) in [5.74, 6) is -0.281. The van der Waals surface area contributed by atoms with Crippen molar-refractivity contribution in [2.45, 2.75) is 64.7 Å². The zero-order valence-corrected chi connectivity index (χ0v) is 19.3. The van der Waals surface area contributed by atoms with Crippen LogP contribution in [0.15, 0.2) is 42.5 Å². The van der Waals surface area contributed by atoms with Crippen LogP contribution in [0.3, 0.4) is 0 Å². The van der Waals surface area contributed by atoms with Gasteiger partial charge in [0.25, 0.3) is 0 Å². The first kappa shape index (κ1) is 22.9. The maximum atomic E-state index is 12.7. The van der Waals surface area contributed by atoms with Crippen LogP contribution in [0, 0.1) is 0 Å². The molecular formula is C26H34N2O3. The Bertz CT molecular complexity index is 946. The highest BCUT2D eigenvalue weighted by Gasteiger charge is 2.37. The summed E-state index contributed by atoms with van der Waals surface area (Å²) in [6, 6.07) is 13.4. The van der Waals surface area contributed by atoms with Gasteiger partial charge in [-0.15, -0.1) is 0 Å². The number of carbonyl (C=O) groups excluding carboxylic acids is 2. The Hall–Kier alpha value is -2.82. The highest BCUT2D eigenvalue weighted by Crippen LogP contribution is 2.45. The minimum Gasteiger partial charge on any atom is -0.462 e. The summed E-state index contributed by atoms with van der Waals surface area (Å²) < 4.78 is 5.55. The summed E-state index contributed by atoms with van der Waals surface area (Å²) in [6.07, 6.45) is 2.88. The fourth-order valence-corrected chi connectivity index (χ4v) is 4.15. The highest BCUT2D eigenvalue weighted by molar-refractivity contribution is 5.90. The van der Waals surface area contributed by atoms with Gasteiger partial charge in [-0.25, -0.2) is 9.59 Å². The Morgan fingerprint density at radius 2 is 1.58 bits per heavy atom. The van der Waals surface area contributed by atoms with Crippen LogP contribution in [0.25, 0.3) is 0 Å². The van der Waals surface area contributed by atoms with E-state index in [0.717, 1.165) is 24.1 Å². The molecule has 2 N–H and O–H groups in total. The standard InChI is InChI=1S/C26H34N2O3/c1-6-27-24(30)28-20-10-7-18(8-11-20)13-16-31-23(29)19-9-12-21-22(17-19)26(4,5)15-14-25(21,2)3/h7-12,17H,6,13-16H2,1-5H3,(H2,27,28,30). The summed E-state index contributed by atoms with van der Waals surface area (Å²) >= 11 is 0. The van der Waals surface area contributed by atoms with Crippen molar-refractivity contribution in [1.82, 2.24) is 5.32 Å². The number of amides is 2. The van der Waals surface area contributed by atoms with Gasteiger partial charge < -0.3 is 15.4 Å². The van der Waals surface area contributed by atoms with Gasteiger partial charge in [0.15, 0.2) is 0 Å². The topological polar surface area (TPSA) is 67.4 Å². The smallest absolute Gasteiger partial charge is 0.338 e. The third kappa shape index (κ3) is 5.46. The van der Waals surface area contributed by atoms with Gasteiger partial charge in [-0.2, -0.15) is 0 Å². The Labute approximate surface area is 185 Å². The Kier molecular flexibility index (Phi) is 6.73. The minimum atomic E-state index is -0.281. The van der Waals surface area contributed by atoms with E-state index in [4.69, 9.17) is 4.74 Å². The lowest BCUT2D eigenvalue weighted by Crippen LogP contribution is -2.34. The van der Waals surface area contributed by atoms with Crippen molar-refractivity contribution in [1.29, 1.82) is 0 Å². The van der Waals surface area contributed by atoms with E-state index in [2.05, 4.69) is 44.4 Å². The van der Waals surface area contributed by atoms with Crippen LogP contribution >= 0.6 is 0 Å². The second-order valence-corrected chi connectivity index (χ2v) is 9.60. The predicted octanol–water partition coefficient (Wildman–Crippen LogP) is 5.58. The molecule has 0 unspecified atom stereocenters. The van der Waals surface area contributed by atoms with E-state index in [0.29, 0.717) is 25.1 Å². The molecule has 3 rings (SSSR count). The zero-order chi connectivity index (χ0) is 22.6. The van der Waals surface area contributed by atoms with E-state index >= 15 is 0 Å². The van der Waals surface area contributed by atoms with Gasteiger partial charge in [0.1, 0.15) is 0 Å². The van der Waals surface area contributed by atoms with Crippen molar-refractivity contribution in [3.8, 4) is 0 Å². The average molecular weight is 423 g/mol. The summed E-state index contributed by atoms with van der Waals surface area (Å²) in [4.78, 5) is 24.2. The quantitative estimate of drug-likeness (QED) is 0.598. The van der Waals surface area contributed by atoms with Crippen molar-refractivity contribution in [2.24, 2.45) is 0 Å². The van der Waals surface area contributed by atoms with Crippen LogP contribution in [0.2, 0.25) is 0 Å². The van der Waals surface area contributed by atoms with Crippen molar-refractivity contribution in [3.63, 3.8) is 0 Å². The van der Waals surface area contributed by atoms with Crippen LogP contribution in [0.5, 0.6) is 0 Å². The number of benzene rings is 2. The highest BCUT2D eigenvalue weighted by atomic mass is 16.5. The van der Waals surface area contributed by atoms with E-state index in [9.17, 15) is 9.59 Å². The largest absolute Gasteiger partial charge is 0.462 e. The summed E-state index contributed by atoms with van der Waals surface area (Å²) in [5.41, 5.74) is 5.17. The first-order valence-electron chi connectivity index (χ1n) is 11.1. The average Bonchev–Trinajstić information content (AvgIpc) is 2.72. The van der Waals surface area contributed by atoms with E-state index in [1.807, 2.05) is 43.3 Å². The lowest BCUT2D eigenvalue weighted by molar-refractivity contribution is 0.0509. The summed E-state index contributed by atoms with van der Waals surface area (Å²) in [6.45, 7) is 11.8. The van der Waals surface area contributed by atoms with Gasteiger partial charge in [-0.05, 0) is 71.6 Å². The minimum absolute atomic E-state index is 0.0605. The van der Waals surface area contributed by atoms with Crippen LogP contribution < -0.4 is 10.6 Å². The molecule has 5 heteroatoms. The number of nitrogens with one attached hydrogen (secondary N) is 2. The lowest BCUT2D eigenvalue weighted by atomic mass is 9.63. The molecule has 0 aromatic heterocycles. The van der Waals surface area contributed by atoms with Crippen molar-refractivity contribution < 1.29 is 14.3 Å². The Morgan fingerprint density at radius 3 is 2.23 bits per heavy atom. The SMILES string of the molecule is CCNC(=O)Nc1ccc(CCOC(=O)c2ccc3c(c2)C(C)(C)CCC3(C)C)cc1. The zero-order valence-electron chi connectivity index (χ0n) is 19.3. The number of ether oxygens (including phenoxy) is 1. The van der Waals surface area contributed by atoms with Crippen molar-refractivity contribution in [3.05, 3.63) is 64.7 Å². The van der Waals surface area contributed by atoms with E-state index in [1.54, 1.807) is 0 Å². The number of hydrogen-bond acceptors (Lipinski definition) is 3. The predicted molar refractivity (Wildman–Crippen MR) is 125 cm³/mol. The number of anilines is 1. The molecule has 1 aliphatic rings. The van der Waals surface area contributed by atoms with Crippen LogP contribution in [-0.2, 0) is 22.0 Å². The van der Waals surface area contributed by atoms with Crippen LogP contribution in [0.4, 0.5) is 10.5 Å². The molecule has 0 saturated carbocycles. The first-order valence-corrected chi connectivity index (χ1v) is 11.1. The number of esters is 1. The molecule has 166 valence electrons. The normalized spacial score (nSPS) is 16.2. The van der Waals surface area contributed by atoms with Crippen molar-refractivity contribution >= 4 is 17.7 Å². The molecule has 1 aliphatic carbocycles. The van der Waals surface area contributed by atoms with Gasteiger partial charge in [0.2, 0.25) is 0 Å². The molecule has 5 nitrogen and oxygen atoms in total. The molecule has 0 bridgehead atoms. The van der Waals surface area contributed by atoms with E-state index < -0.39 is 0 Å². The molecule has 31 heavy (non-hydrogen) atoms. The van der Waals surface area contributed by atoms with Gasteiger partial charge >= 0.3 is 12.0 Å². The van der Waals surface area contributed by atoms with Gasteiger partial charge in [0.05, 0.1) is 12.2 Å². The molecule has 0 aliphatic heterocycles. The van der Waals surface area contributed by atoms with Crippen LogP contribution in [-0.4, -0.2) is 25.2 Å².